The molecule has 3 atom stereocenters. The summed E-state index contributed by atoms with van der Waals surface area (Å²) in [4.78, 5) is 11.4. The highest BCUT2D eigenvalue weighted by atomic mass is 32.2. The van der Waals surface area contributed by atoms with Crippen molar-refractivity contribution in [3.8, 4) is 0 Å². The highest BCUT2D eigenvalue weighted by molar-refractivity contribution is 7.84. The van der Waals surface area contributed by atoms with E-state index in [1.54, 1.807) is 6.26 Å². The van der Waals surface area contributed by atoms with Crippen LogP contribution in [0.15, 0.2) is 0 Å². The lowest BCUT2D eigenvalue weighted by molar-refractivity contribution is -0.121. The second-order valence-corrected chi connectivity index (χ2v) is 6.12. The van der Waals surface area contributed by atoms with E-state index in [1.165, 1.54) is 0 Å². The van der Waals surface area contributed by atoms with Crippen molar-refractivity contribution in [1.29, 1.82) is 0 Å². The quantitative estimate of drug-likeness (QED) is 0.677. The van der Waals surface area contributed by atoms with E-state index in [2.05, 4.69) is 5.32 Å². The molecule has 1 rings (SSSR count). The fraction of sp³-hybridized carbons (Fsp3) is 0.900. The van der Waals surface area contributed by atoms with Gasteiger partial charge in [-0.05, 0) is 25.7 Å². The fourth-order valence-corrected chi connectivity index (χ4v) is 1.67. The number of carbonyl (C=O) groups is 1. The highest BCUT2D eigenvalue weighted by Crippen LogP contribution is 2.32. The Morgan fingerprint density at radius 3 is 2.67 bits per heavy atom. The van der Waals surface area contributed by atoms with Crippen LogP contribution >= 0.6 is 0 Å². The lowest BCUT2D eigenvalue weighted by Crippen LogP contribution is -2.37. The number of nitrogens with one attached hydrogen (secondary N) is 1. The largest absolute Gasteiger partial charge is 0.355 e. The number of hydrogen-bond donors (Lipinski definition) is 2. The molecule has 0 radical (unpaired) electrons. The molecule has 0 aliphatic heterocycles. The summed E-state index contributed by atoms with van der Waals surface area (Å²) in [6.07, 6.45) is 4.36. The summed E-state index contributed by atoms with van der Waals surface area (Å²) in [5.41, 5.74) is 5.83. The first-order valence-electron chi connectivity index (χ1n) is 5.35. The van der Waals surface area contributed by atoms with Crippen molar-refractivity contribution in [2.75, 3.05) is 12.8 Å². The molecule has 1 fully saturated rings. The second kappa shape index (κ2) is 5.61. The van der Waals surface area contributed by atoms with Gasteiger partial charge in [-0.2, -0.15) is 0 Å². The summed E-state index contributed by atoms with van der Waals surface area (Å²) in [6.45, 7) is 2.33. The standard InChI is InChI=1S/C10H20N2O2S/c1-7(15(2)14)6-12-10(13)5-9(11)8-3-4-8/h7-9H,3-6,11H2,1-2H3,(H,12,13). The van der Waals surface area contributed by atoms with Crippen LogP contribution in [0.5, 0.6) is 0 Å². The van der Waals surface area contributed by atoms with Crippen LogP contribution in [0.4, 0.5) is 0 Å². The Morgan fingerprint density at radius 1 is 1.60 bits per heavy atom. The Morgan fingerprint density at radius 2 is 2.20 bits per heavy atom. The Bertz CT molecular complexity index is 254. The molecule has 3 N–H and O–H groups in total. The van der Waals surface area contributed by atoms with E-state index in [4.69, 9.17) is 5.73 Å². The minimum atomic E-state index is -0.882. The smallest absolute Gasteiger partial charge is 0.221 e. The van der Waals surface area contributed by atoms with Gasteiger partial charge in [0.1, 0.15) is 0 Å². The van der Waals surface area contributed by atoms with Gasteiger partial charge in [0, 0.05) is 41.3 Å². The average Bonchev–Trinajstić information content (AvgIpc) is 2.96. The van der Waals surface area contributed by atoms with E-state index >= 15 is 0 Å². The monoisotopic (exact) mass is 232 g/mol. The van der Waals surface area contributed by atoms with E-state index in [0.29, 0.717) is 18.9 Å². The van der Waals surface area contributed by atoms with Gasteiger partial charge in [0.2, 0.25) is 5.91 Å². The molecule has 0 aromatic carbocycles. The van der Waals surface area contributed by atoms with Gasteiger partial charge in [0.25, 0.3) is 0 Å². The first-order valence-corrected chi connectivity index (χ1v) is 6.97. The molecule has 0 saturated heterocycles. The molecular formula is C10H20N2O2S. The number of rotatable bonds is 6. The molecule has 0 aromatic heterocycles. The number of hydrogen-bond acceptors (Lipinski definition) is 3. The van der Waals surface area contributed by atoms with Gasteiger partial charge in [0.15, 0.2) is 0 Å². The second-order valence-electron chi connectivity index (χ2n) is 4.32. The van der Waals surface area contributed by atoms with Crippen molar-refractivity contribution in [2.45, 2.75) is 37.5 Å². The van der Waals surface area contributed by atoms with Crippen molar-refractivity contribution in [3.63, 3.8) is 0 Å². The third-order valence-electron chi connectivity index (χ3n) is 2.80. The van der Waals surface area contributed by atoms with Crippen LogP contribution in [0.1, 0.15) is 26.2 Å². The molecule has 1 saturated carbocycles. The van der Waals surface area contributed by atoms with Gasteiger partial charge in [-0.3, -0.25) is 9.00 Å². The van der Waals surface area contributed by atoms with Crippen LogP contribution in [-0.4, -0.2) is 34.2 Å². The summed E-state index contributed by atoms with van der Waals surface area (Å²) in [7, 11) is -0.882. The maximum atomic E-state index is 11.4. The third-order valence-corrected chi connectivity index (χ3v) is 4.10. The highest BCUT2D eigenvalue weighted by Gasteiger charge is 2.29. The van der Waals surface area contributed by atoms with Crippen molar-refractivity contribution in [2.24, 2.45) is 11.7 Å². The first kappa shape index (κ1) is 12.6. The predicted molar refractivity (Wildman–Crippen MR) is 61.9 cm³/mol. The third kappa shape index (κ3) is 4.75. The zero-order valence-corrected chi connectivity index (χ0v) is 10.2. The summed E-state index contributed by atoms with van der Waals surface area (Å²) < 4.78 is 11.0. The van der Waals surface area contributed by atoms with Crippen molar-refractivity contribution < 1.29 is 9.00 Å². The van der Waals surface area contributed by atoms with Gasteiger partial charge in [-0.25, -0.2) is 0 Å². The molecule has 5 heteroatoms. The molecular weight excluding hydrogens is 212 g/mol. The van der Waals surface area contributed by atoms with Crippen LogP contribution in [0, 0.1) is 5.92 Å². The van der Waals surface area contributed by atoms with Crippen molar-refractivity contribution >= 4 is 16.7 Å². The fourth-order valence-electron chi connectivity index (χ4n) is 1.35. The Balaban J connectivity index is 2.15. The Kier molecular flexibility index (Phi) is 4.73. The molecule has 3 unspecified atom stereocenters. The maximum Gasteiger partial charge on any atom is 0.221 e. The van der Waals surface area contributed by atoms with Gasteiger partial charge >= 0.3 is 0 Å². The number of nitrogens with two attached hydrogens (primary N) is 1. The molecule has 0 aromatic rings. The predicted octanol–water partition coefficient (Wildman–Crippen LogP) is -0.00300. The van der Waals surface area contributed by atoms with Crippen LogP contribution in [0.3, 0.4) is 0 Å². The normalized spacial score (nSPS) is 21.8. The molecule has 0 heterocycles. The van der Waals surface area contributed by atoms with Crippen LogP contribution in [0.2, 0.25) is 0 Å². The van der Waals surface area contributed by atoms with Crippen molar-refractivity contribution in [3.05, 3.63) is 0 Å². The van der Waals surface area contributed by atoms with Gasteiger partial charge < -0.3 is 11.1 Å². The van der Waals surface area contributed by atoms with Crippen LogP contribution in [-0.2, 0) is 15.6 Å². The summed E-state index contributed by atoms with van der Waals surface area (Å²) in [5, 5.41) is 2.77. The molecule has 15 heavy (non-hydrogen) atoms. The molecule has 1 amide bonds. The van der Waals surface area contributed by atoms with E-state index in [1.807, 2.05) is 6.92 Å². The lowest BCUT2D eigenvalue weighted by Gasteiger charge is -2.12. The average molecular weight is 232 g/mol. The SMILES string of the molecule is CC(CNC(=O)CC(N)C1CC1)S(C)=O. The Hall–Kier alpha value is -0.420. The molecule has 1 aliphatic rings. The maximum absolute atomic E-state index is 11.4. The van der Waals surface area contributed by atoms with E-state index in [0.717, 1.165) is 12.8 Å². The zero-order valence-electron chi connectivity index (χ0n) is 9.36. The van der Waals surface area contributed by atoms with E-state index in [-0.39, 0.29) is 17.2 Å². The minimum absolute atomic E-state index is 0.00565. The number of carbonyl (C=O) groups excluding carboxylic acids is 1. The van der Waals surface area contributed by atoms with Crippen LogP contribution < -0.4 is 11.1 Å². The van der Waals surface area contributed by atoms with Gasteiger partial charge in [-0.15, -0.1) is 0 Å². The molecule has 0 bridgehead atoms. The first-order chi connectivity index (χ1) is 7.00. The molecule has 1 aliphatic carbocycles. The van der Waals surface area contributed by atoms with E-state index in [9.17, 15) is 9.00 Å². The molecule has 4 nitrogen and oxygen atoms in total. The minimum Gasteiger partial charge on any atom is -0.355 e. The van der Waals surface area contributed by atoms with Gasteiger partial charge in [-0.1, -0.05) is 0 Å². The van der Waals surface area contributed by atoms with E-state index < -0.39 is 10.8 Å². The molecule has 0 spiro atoms. The topological polar surface area (TPSA) is 72.2 Å². The van der Waals surface area contributed by atoms with Crippen LogP contribution in [0.25, 0.3) is 0 Å². The summed E-state index contributed by atoms with van der Waals surface area (Å²) >= 11 is 0. The zero-order chi connectivity index (χ0) is 11.4. The number of amides is 1. The summed E-state index contributed by atoms with van der Waals surface area (Å²) in [6, 6.07) is 0.00688. The summed E-state index contributed by atoms with van der Waals surface area (Å²) in [5.74, 6) is 0.528. The van der Waals surface area contributed by atoms with Crippen molar-refractivity contribution in [1.82, 2.24) is 5.32 Å². The molecule has 88 valence electrons. The van der Waals surface area contributed by atoms with Gasteiger partial charge in [0.05, 0.1) is 0 Å². The lowest BCUT2D eigenvalue weighted by atomic mass is 10.1. The Labute approximate surface area is 93.4 Å².